The van der Waals surface area contributed by atoms with E-state index in [1.165, 1.54) is 392 Å². The molecule has 0 radical (unpaired) electrons. The van der Waals surface area contributed by atoms with E-state index in [-0.39, 0.29) is 18.5 Å². The second kappa shape index (κ2) is 79.8. The lowest BCUT2D eigenvalue weighted by molar-refractivity contribution is -0.143. The predicted molar refractivity (Wildman–Crippen MR) is 398 cm³/mol. The number of allylic oxidation sites excluding steroid dienone is 4. The maximum atomic E-state index is 12.6. The highest BCUT2D eigenvalue weighted by Crippen LogP contribution is 2.21. The summed E-state index contributed by atoms with van der Waals surface area (Å²) in [5, 5.41) is 23.5. The van der Waals surface area contributed by atoms with E-state index in [4.69, 9.17) is 4.74 Å². The zero-order valence-electron chi connectivity index (χ0n) is 61.4. The zero-order valence-corrected chi connectivity index (χ0v) is 61.4. The van der Waals surface area contributed by atoms with Gasteiger partial charge in [-0.2, -0.15) is 0 Å². The molecule has 0 bridgehead atoms. The standard InChI is InChI=1S/C84H163NO5/c1-3-5-7-9-11-13-15-17-18-19-20-21-37-40-43-46-49-53-56-60-64-68-72-76-82(87)81(80-86)85-83(88)77-73-69-65-61-57-54-50-47-44-41-38-35-33-31-29-27-25-23-22-24-26-28-30-32-34-36-39-42-45-48-51-55-59-63-67-71-75-79-90-84(89)78-74-70-66-62-58-52-16-14-12-10-8-6-4-2/h8,10,14,16,81-82,86-87H,3-7,9,11-13,15,17-80H2,1-2H3,(H,85,88)/b10-8-,16-14-. The molecule has 0 rings (SSSR count). The van der Waals surface area contributed by atoms with Gasteiger partial charge in [0.05, 0.1) is 25.4 Å². The first kappa shape index (κ1) is 88.3. The molecule has 0 saturated carbocycles. The van der Waals surface area contributed by atoms with Crippen LogP contribution in [0.4, 0.5) is 0 Å². The first-order chi connectivity index (χ1) is 44.5. The molecule has 0 aromatic carbocycles. The van der Waals surface area contributed by atoms with Gasteiger partial charge in [-0.05, 0) is 51.4 Å². The Labute approximate surface area is 564 Å². The second-order valence-corrected chi connectivity index (χ2v) is 28.8. The molecule has 0 fully saturated rings. The van der Waals surface area contributed by atoms with Gasteiger partial charge in [0.25, 0.3) is 0 Å². The van der Waals surface area contributed by atoms with Gasteiger partial charge in [-0.15, -0.1) is 0 Å². The molecule has 0 heterocycles. The average molecular weight is 1270 g/mol. The summed E-state index contributed by atoms with van der Waals surface area (Å²) in [5.41, 5.74) is 0. The molecule has 0 aromatic heterocycles. The van der Waals surface area contributed by atoms with Crippen LogP contribution in [-0.2, 0) is 14.3 Å². The summed E-state index contributed by atoms with van der Waals surface area (Å²) >= 11 is 0. The van der Waals surface area contributed by atoms with Crippen molar-refractivity contribution in [3.8, 4) is 0 Å². The summed E-state index contributed by atoms with van der Waals surface area (Å²) in [6.45, 7) is 4.94. The minimum atomic E-state index is -0.661. The number of rotatable bonds is 79. The van der Waals surface area contributed by atoms with Crippen LogP contribution in [0, 0.1) is 0 Å². The maximum Gasteiger partial charge on any atom is 0.305 e. The van der Waals surface area contributed by atoms with Crippen LogP contribution in [0.3, 0.4) is 0 Å². The van der Waals surface area contributed by atoms with Crippen LogP contribution in [0.15, 0.2) is 24.3 Å². The van der Waals surface area contributed by atoms with E-state index >= 15 is 0 Å². The number of esters is 1. The van der Waals surface area contributed by atoms with Gasteiger partial charge in [0.1, 0.15) is 0 Å². The minimum absolute atomic E-state index is 0.00883. The average Bonchev–Trinajstić information content (AvgIpc) is 3.71. The van der Waals surface area contributed by atoms with Crippen molar-refractivity contribution in [2.45, 2.75) is 488 Å². The Morgan fingerprint density at radius 2 is 0.578 bits per heavy atom. The van der Waals surface area contributed by atoms with Crippen molar-refractivity contribution in [2.75, 3.05) is 13.2 Å². The highest BCUT2D eigenvalue weighted by atomic mass is 16.5. The van der Waals surface area contributed by atoms with Crippen molar-refractivity contribution in [2.24, 2.45) is 0 Å². The maximum absolute atomic E-state index is 12.6. The normalized spacial score (nSPS) is 12.5. The first-order valence-electron chi connectivity index (χ1n) is 41.6. The molecular formula is C84H163NO5. The van der Waals surface area contributed by atoms with Gasteiger partial charge in [0.2, 0.25) is 5.91 Å². The molecule has 0 aliphatic carbocycles. The smallest absolute Gasteiger partial charge is 0.305 e. The summed E-state index contributed by atoms with van der Waals surface area (Å²) < 4.78 is 5.49. The molecule has 0 aliphatic heterocycles. The number of unbranched alkanes of at least 4 members (excludes halogenated alkanes) is 64. The van der Waals surface area contributed by atoms with Gasteiger partial charge in [-0.3, -0.25) is 9.59 Å². The molecule has 90 heavy (non-hydrogen) atoms. The van der Waals surface area contributed by atoms with Gasteiger partial charge in [0, 0.05) is 12.8 Å². The molecule has 0 aliphatic rings. The van der Waals surface area contributed by atoms with Crippen LogP contribution in [-0.4, -0.2) is 47.4 Å². The fraction of sp³-hybridized carbons (Fsp3) is 0.929. The van der Waals surface area contributed by atoms with Gasteiger partial charge < -0.3 is 20.3 Å². The molecule has 2 unspecified atom stereocenters. The third-order valence-electron chi connectivity index (χ3n) is 19.7. The molecule has 1 amide bonds. The van der Waals surface area contributed by atoms with E-state index in [0.29, 0.717) is 25.9 Å². The summed E-state index contributed by atoms with van der Waals surface area (Å²) in [4.78, 5) is 24.6. The number of ether oxygens (including phenoxy) is 1. The van der Waals surface area contributed by atoms with Crippen LogP contribution >= 0.6 is 0 Å². The molecule has 6 heteroatoms. The Kier molecular flexibility index (Phi) is 78.3. The first-order valence-corrected chi connectivity index (χ1v) is 41.6. The molecule has 0 aromatic rings. The summed E-state index contributed by atoms with van der Waals surface area (Å²) in [7, 11) is 0. The molecule has 2 atom stereocenters. The van der Waals surface area contributed by atoms with E-state index in [2.05, 4.69) is 43.5 Å². The lowest BCUT2D eigenvalue weighted by Crippen LogP contribution is -2.45. The molecular weight excluding hydrogens is 1100 g/mol. The Hall–Kier alpha value is -1.66. The third kappa shape index (κ3) is 75.4. The largest absolute Gasteiger partial charge is 0.466 e. The lowest BCUT2D eigenvalue weighted by atomic mass is 10.0. The van der Waals surface area contributed by atoms with Crippen molar-refractivity contribution in [3.05, 3.63) is 24.3 Å². The zero-order chi connectivity index (χ0) is 64.9. The topological polar surface area (TPSA) is 95.9 Å². The number of carbonyl (C=O) groups excluding carboxylic acids is 2. The predicted octanol–water partition coefficient (Wildman–Crippen LogP) is 27.6. The second-order valence-electron chi connectivity index (χ2n) is 28.8. The number of carbonyl (C=O) groups is 2. The van der Waals surface area contributed by atoms with Gasteiger partial charge in [-0.25, -0.2) is 0 Å². The lowest BCUT2D eigenvalue weighted by Gasteiger charge is -2.22. The van der Waals surface area contributed by atoms with E-state index < -0.39 is 12.1 Å². The summed E-state index contributed by atoms with van der Waals surface area (Å²) in [6.07, 6.45) is 103. The van der Waals surface area contributed by atoms with Crippen molar-refractivity contribution < 1.29 is 24.5 Å². The fourth-order valence-corrected chi connectivity index (χ4v) is 13.5. The number of hydrogen-bond acceptors (Lipinski definition) is 5. The number of nitrogens with one attached hydrogen (secondary N) is 1. The summed E-state index contributed by atoms with van der Waals surface area (Å²) in [5.74, 6) is -0.0144. The fourth-order valence-electron chi connectivity index (χ4n) is 13.5. The molecule has 6 nitrogen and oxygen atoms in total. The molecule has 0 saturated heterocycles. The van der Waals surface area contributed by atoms with E-state index in [1.807, 2.05) is 0 Å². The highest BCUT2D eigenvalue weighted by molar-refractivity contribution is 5.76. The van der Waals surface area contributed by atoms with Crippen molar-refractivity contribution in [1.82, 2.24) is 5.32 Å². The monoisotopic (exact) mass is 1270 g/mol. The quantitative estimate of drug-likeness (QED) is 0.0320. The van der Waals surface area contributed by atoms with Crippen molar-refractivity contribution >= 4 is 11.9 Å². The van der Waals surface area contributed by atoms with E-state index in [9.17, 15) is 19.8 Å². The molecule has 0 spiro atoms. The van der Waals surface area contributed by atoms with E-state index in [1.54, 1.807) is 0 Å². The Bertz CT molecular complexity index is 1410. The number of aliphatic hydroxyl groups excluding tert-OH is 2. The van der Waals surface area contributed by atoms with Gasteiger partial charge in [0.15, 0.2) is 0 Å². The highest BCUT2D eigenvalue weighted by Gasteiger charge is 2.20. The number of hydrogen-bond donors (Lipinski definition) is 3. The van der Waals surface area contributed by atoms with Crippen molar-refractivity contribution in [1.29, 1.82) is 0 Å². The van der Waals surface area contributed by atoms with Crippen LogP contribution in [0.5, 0.6) is 0 Å². The summed E-state index contributed by atoms with van der Waals surface area (Å²) in [6, 6.07) is -0.538. The number of aliphatic hydroxyl groups is 2. The van der Waals surface area contributed by atoms with Crippen LogP contribution in [0.2, 0.25) is 0 Å². The minimum Gasteiger partial charge on any atom is -0.466 e. The van der Waals surface area contributed by atoms with Crippen LogP contribution in [0.1, 0.15) is 476 Å². The van der Waals surface area contributed by atoms with Crippen LogP contribution < -0.4 is 5.32 Å². The molecule has 3 N–H and O–H groups in total. The molecule has 534 valence electrons. The Morgan fingerprint density at radius 3 is 0.889 bits per heavy atom. The van der Waals surface area contributed by atoms with Crippen molar-refractivity contribution in [3.63, 3.8) is 0 Å². The SMILES string of the molecule is CCC/C=C\C/C=C\CCCCCCCC(=O)OCCCCCCCCCCCCCCCCCCCCCCCCCCCCCCCCCCCCCCCC(=O)NC(CO)C(O)CCCCCCCCCCCCCCCCCCCCCCCCC. The third-order valence-corrected chi connectivity index (χ3v) is 19.7. The van der Waals surface area contributed by atoms with Gasteiger partial charge in [-0.1, -0.05) is 436 Å². The Morgan fingerprint density at radius 1 is 0.311 bits per heavy atom. The number of amides is 1. The Balaban J connectivity index is 3.31. The van der Waals surface area contributed by atoms with Gasteiger partial charge >= 0.3 is 5.97 Å². The van der Waals surface area contributed by atoms with E-state index in [0.717, 1.165) is 51.4 Å². The van der Waals surface area contributed by atoms with Crippen LogP contribution in [0.25, 0.3) is 0 Å².